The average Bonchev–Trinajstić information content (AvgIpc) is 2.27. The largest absolute Gasteiger partial charge is 0.436 e. The first kappa shape index (κ1) is 12.1. The summed E-state index contributed by atoms with van der Waals surface area (Å²) in [5.74, 6) is -0.306. The van der Waals surface area contributed by atoms with Crippen LogP contribution in [0, 0.1) is 5.82 Å². The van der Waals surface area contributed by atoms with Crippen molar-refractivity contribution >= 4 is 33.2 Å². The summed E-state index contributed by atoms with van der Waals surface area (Å²) in [6.45, 7) is 0. The lowest BCUT2D eigenvalue weighted by Gasteiger charge is -2.07. The Labute approximate surface area is 110 Å². The van der Waals surface area contributed by atoms with E-state index in [1.165, 1.54) is 18.3 Å². The van der Waals surface area contributed by atoms with Gasteiger partial charge >= 0.3 is 0 Å². The number of ether oxygens (including phenoxy) is 1. The Morgan fingerprint density at radius 3 is 2.76 bits per heavy atom. The topological polar surface area (TPSA) is 48.1 Å². The number of nitrogen functional groups attached to an aromatic ring is 1. The molecule has 3 nitrogen and oxygen atoms in total. The van der Waals surface area contributed by atoms with Crippen molar-refractivity contribution in [3.05, 3.63) is 45.8 Å². The smallest absolute Gasteiger partial charge is 0.255 e. The van der Waals surface area contributed by atoms with Gasteiger partial charge in [-0.3, -0.25) is 0 Å². The fourth-order valence-electron chi connectivity index (χ4n) is 1.16. The summed E-state index contributed by atoms with van der Waals surface area (Å²) >= 11 is 8.93. The zero-order chi connectivity index (χ0) is 12.4. The number of pyridine rings is 1. The monoisotopic (exact) mass is 316 g/mol. The van der Waals surface area contributed by atoms with Gasteiger partial charge in [-0.05, 0) is 34.1 Å². The van der Waals surface area contributed by atoms with Crippen molar-refractivity contribution in [2.24, 2.45) is 0 Å². The Morgan fingerprint density at radius 2 is 2.12 bits per heavy atom. The van der Waals surface area contributed by atoms with Crippen LogP contribution in [-0.2, 0) is 0 Å². The number of hydrogen-bond donors (Lipinski definition) is 1. The van der Waals surface area contributed by atoms with Crippen molar-refractivity contribution in [1.82, 2.24) is 4.98 Å². The van der Waals surface area contributed by atoms with Gasteiger partial charge in [0, 0.05) is 16.7 Å². The standard InChI is InChI=1S/C11H7BrClFN2O/c12-6-3-9(14)11(16-5-6)17-7-1-2-10(15)8(13)4-7/h1-5H,15H2. The van der Waals surface area contributed by atoms with Crippen LogP contribution in [0.15, 0.2) is 34.9 Å². The SMILES string of the molecule is Nc1ccc(Oc2ncc(Br)cc2F)cc1Cl. The number of aromatic nitrogens is 1. The molecule has 1 heterocycles. The summed E-state index contributed by atoms with van der Waals surface area (Å²) in [7, 11) is 0. The molecule has 0 spiro atoms. The summed E-state index contributed by atoms with van der Waals surface area (Å²) in [5, 5.41) is 0.347. The Hall–Kier alpha value is -1.33. The fraction of sp³-hybridized carbons (Fsp3) is 0. The van der Waals surface area contributed by atoms with Crippen LogP contribution in [0.5, 0.6) is 11.6 Å². The first-order chi connectivity index (χ1) is 8.06. The van der Waals surface area contributed by atoms with Gasteiger partial charge in [-0.25, -0.2) is 9.37 Å². The van der Waals surface area contributed by atoms with Crippen LogP contribution >= 0.6 is 27.5 Å². The Kier molecular flexibility index (Phi) is 3.49. The molecular formula is C11H7BrClFN2O. The predicted octanol–water partition coefficient (Wildman–Crippen LogP) is 4.01. The Balaban J connectivity index is 2.28. The van der Waals surface area contributed by atoms with Gasteiger partial charge in [0.2, 0.25) is 0 Å². The summed E-state index contributed by atoms with van der Waals surface area (Å²) < 4.78 is 19.2. The summed E-state index contributed by atoms with van der Waals surface area (Å²) in [6, 6.07) is 5.93. The third-order valence-corrected chi connectivity index (χ3v) is 2.72. The van der Waals surface area contributed by atoms with Gasteiger partial charge in [-0.2, -0.15) is 0 Å². The zero-order valence-electron chi connectivity index (χ0n) is 8.45. The maximum absolute atomic E-state index is 13.4. The normalized spacial score (nSPS) is 10.3. The fourth-order valence-corrected chi connectivity index (χ4v) is 1.63. The quantitative estimate of drug-likeness (QED) is 0.851. The molecule has 6 heteroatoms. The second-order valence-electron chi connectivity index (χ2n) is 3.23. The second kappa shape index (κ2) is 4.89. The number of anilines is 1. The number of nitrogens with two attached hydrogens (primary N) is 1. The summed E-state index contributed by atoms with van der Waals surface area (Å²) in [5.41, 5.74) is 5.98. The van der Waals surface area contributed by atoms with Crippen LogP contribution in [0.4, 0.5) is 10.1 Å². The molecule has 2 aromatic rings. The molecule has 0 bridgehead atoms. The minimum atomic E-state index is -0.563. The van der Waals surface area contributed by atoms with Crippen molar-refractivity contribution in [3.8, 4) is 11.6 Å². The molecule has 0 atom stereocenters. The Bertz CT molecular complexity index is 565. The molecular weight excluding hydrogens is 310 g/mol. The van der Waals surface area contributed by atoms with Crippen LogP contribution in [0.2, 0.25) is 5.02 Å². The van der Waals surface area contributed by atoms with Gasteiger partial charge in [0.1, 0.15) is 5.75 Å². The van der Waals surface area contributed by atoms with Gasteiger partial charge in [-0.15, -0.1) is 0 Å². The van der Waals surface area contributed by atoms with Gasteiger partial charge in [0.15, 0.2) is 5.82 Å². The van der Waals surface area contributed by atoms with Gasteiger partial charge < -0.3 is 10.5 Å². The molecule has 0 radical (unpaired) electrons. The third kappa shape index (κ3) is 2.87. The van der Waals surface area contributed by atoms with Crippen molar-refractivity contribution in [1.29, 1.82) is 0 Å². The highest BCUT2D eigenvalue weighted by molar-refractivity contribution is 9.10. The molecule has 0 unspecified atom stereocenters. The molecule has 1 aromatic carbocycles. The van der Waals surface area contributed by atoms with Crippen LogP contribution < -0.4 is 10.5 Å². The van der Waals surface area contributed by atoms with Gasteiger partial charge in [0.05, 0.1) is 10.7 Å². The van der Waals surface area contributed by atoms with Gasteiger partial charge in [-0.1, -0.05) is 11.6 Å². The highest BCUT2D eigenvalue weighted by atomic mass is 79.9. The van der Waals surface area contributed by atoms with E-state index in [1.807, 2.05) is 0 Å². The molecule has 17 heavy (non-hydrogen) atoms. The molecule has 0 amide bonds. The van der Waals surface area contributed by atoms with E-state index in [-0.39, 0.29) is 5.88 Å². The van der Waals surface area contributed by atoms with Crippen molar-refractivity contribution < 1.29 is 9.13 Å². The molecule has 2 rings (SSSR count). The van der Waals surface area contributed by atoms with Crippen molar-refractivity contribution in [2.45, 2.75) is 0 Å². The van der Waals surface area contributed by atoms with E-state index < -0.39 is 5.82 Å². The highest BCUT2D eigenvalue weighted by Gasteiger charge is 2.08. The van der Waals surface area contributed by atoms with Gasteiger partial charge in [0.25, 0.3) is 5.88 Å². The van der Waals surface area contributed by atoms with Crippen LogP contribution in [0.1, 0.15) is 0 Å². The Morgan fingerprint density at radius 1 is 1.35 bits per heavy atom. The second-order valence-corrected chi connectivity index (χ2v) is 4.55. The van der Waals surface area contributed by atoms with E-state index in [0.29, 0.717) is 20.9 Å². The molecule has 88 valence electrons. The number of nitrogens with zero attached hydrogens (tertiary/aromatic N) is 1. The molecule has 0 fully saturated rings. The highest BCUT2D eigenvalue weighted by Crippen LogP contribution is 2.28. The summed E-state index contributed by atoms with van der Waals surface area (Å²) in [6.07, 6.45) is 1.44. The van der Waals surface area contributed by atoms with Crippen LogP contribution in [0.25, 0.3) is 0 Å². The summed E-state index contributed by atoms with van der Waals surface area (Å²) in [4.78, 5) is 3.81. The van der Waals surface area contributed by atoms with E-state index in [1.54, 1.807) is 12.1 Å². The molecule has 0 saturated heterocycles. The average molecular weight is 318 g/mol. The van der Waals surface area contributed by atoms with E-state index in [2.05, 4.69) is 20.9 Å². The van der Waals surface area contributed by atoms with E-state index in [0.717, 1.165) is 0 Å². The van der Waals surface area contributed by atoms with E-state index >= 15 is 0 Å². The van der Waals surface area contributed by atoms with Crippen LogP contribution in [-0.4, -0.2) is 4.98 Å². The lowest BCUT2D eigenvalue weighted by atomic mass is 10.3. The van der Waals surface area contributed by atoms with Crippen molar-refractivity contribution in [3.63, 3.8) is 0 Å². The minimum Gasteiger partial charge on any atom is -0.436 e. The predicted molar refractivity (Wildman–Crippen MR) is 67.8 cm³/mol. The molecule has 0 aliphatic carbocycles. The van der Waals surface area contributed by atoms with Crippen LogP contribution in [0.3, 0.4) is 0 Å². The molecule has 0 aliphatic rings. The zero-order valence-corrected chi connectivity index (χ0v) is 10.8. The minimum absolute atomic E-state index is 0.117. The maximum Gasteiger partial charge on any atom is 0.255 e. The number of benzene rings is 1. The maximum atomic E-state index is 13.4. The number of hydrogen-bond acceptors (Lipinski definition) is 3. The first-order valence-electron chi connectivity index (χ1n) is 4.60. The first-order valence-corrected chi connectivity index (χ1v) is 5.77. The lowest BCUT2D eigenvalue weighted by molar-refractivity contribution is 0.422. The number of rotatable bonds is 2. The lowest BCUT2D eigenvalue weighted by Crippen LogP contribution is -1.93. The third-order valence-electron chi connectivity index (χ3n) is 1.96. The number of halogens is 3. The molecule has 1 aromatic heterocycles. The molecule has 0 aliphatic heterocycles. The molecule has 2 N–H and O–H groups in total. The van der Waals surface area contributed by atoms with E-state index in [9.17, 15) is 4.39 Å². The van der Waals surface area contributed by atoms with E-state index in [4.69, 9.17) is 22.1 Å². The molecule has 0 saturated carbocycles. The van der Waals surface area contributed by atoms with Crippen molar-refractivity contribution in [2.75, 3.05) is 5.73 Å².